The molecule has 0 spiro atoms. The van der Waals surface area contributed by atoms with Crippen LogP contribution >= 0.6 is 23.4 Å². The van der Waals surface area contributed by atoms with E-state index in [0.717, 1.165) is 11.4 Å². The summed E-state index contributed by atoms with van der Waals surface area (Å²) < 4.78 is 1.71. The minimum atomic E-state index is -0.164. The molecule has 0 saturated carbocycles. The molecule has 8 heteroatoms. The maximum Gasteiger partial charge on any atom is 0.255 e. The lowest BCUT2D eigenvalue weighted by atomic mass is 10.1. The van der Waals surface area contributed by atoms with E-state index in [-0.39, 0.29) is 5.91 Å². The number of hydrogen-bond donors (Lipinski definition) is 2. The average molecular weight is 350 g/mol. The Hall–Kier alpha value is -1.99. The van der Waals surface area contributed by atoms with Gasteiger partial charge in [-0.2, -0.15) is 4.98 Å². The lowest BCUT2D eigenvalue weighted by Gasteiger charge is -2.19. The van der Waals surface area contributed by atoms with Gasteiger partial charge < -0.3 is 10.6 Å². The molecule has 23 heavy (non-hydrogen) atoms. The van der Waals surface area contributed by atoms with E-state index < -0.39 is 0 Å². The van der Waals surface area contributed by atoms with Crippen LogP contribution in [0, 0.1) is 0 Å². The van der Waals surface area contributed by atoms with Gasteiger partial charge in [-0.1, -0.05) is 30.3 Å². The first-order valence-electron chi connectivity index (χ1n) is 7.18. The zero-order valence-corrected chi connectivity index (χ0v) is 14.3. The number of anilines is 2. The Kier molecular flexibility index (Phi) is 4.58. The van der Waals surface area contributed by atoms with Gasteiger partial charge in [-0.3, -0.25) is 4.79 Å². The third-order valence-corrected chi connectivity index (χ3v) is 4.33. The number of fused-ring (bicyclic) bond motifs is 1. The van der Waals surface area contributed by atoms with Crippen molar-refractivity contribution in [3.8, 4) is 0 Å². The zero-order valence-electron chi connectivity index (χ0n) is 12.8. The topological polar surface area (TPSA) is 71.8 Å². The standard InChI is InChI=1S/C15H16ClN5OS/c1-3-23-15-19-14-17-9(2)12(8-21(14)20-15)13(22)18-11-6-4-10(16)5-7-11/h4-7H,3,8H2,1-2H3,(H,18,22)(H,17,19,20). The number of amides is 1. The van der Waals surface area contributed by atoms with Gasteiger partial charge in [0.05, 0.1) is 12.1 Å². The van der Waals surface area contributed by atoms with Crippen LogP contribution in [-0.4, -0.2) is 26.4 Å². The highest BCUT2D eigenvalue weighted by Crippen LogP contribution is 2.24. The van der Waals surface area contributed by atoms with Crippen molar-refractivity contribution >= 4 is 40.9 Å². The molecule has 0 saturated heterocycles. The summed E-state index contributed by atoms with van der Waals surface area (Å²) in [6.07, 6.45) is 0. The van der Waals surface area contributed by atoms with Crippen molar-refractivity contribution < 1.29 is 4.79 Å². The van der Waals surface area contributed by atoms with E-state index in [2.05, 4.69) is 20.7 Å². The highest BCUT2D eigenvalue weighted by atomic mass is 35.5. The number of nitrogens with zero attached hydrogens (tertiary/aromatic N) is 3. The van der Waals surface area contributed by atoms with Gasteiger partial charge in [0.15, 0.2) is 0 Å². The van der Waals surface area contributed by atoms with E-state index in [1.165, 1.54) is 0 Å². The van der Waals surface area contributed by atoms with Gasteiger partial charge in [0.1, 0.15) is 0 Å². The van der Waals surface area contributed by atoms with E-state index in [0.29, 0.717) is 33.9 Å². The first-order valence-corrected chi connectivity index (χ1v) is 8.54. The first-order chi connectivity index (χ1) is 11.1. The summed E-state index contributed by atoms with van der Waals surface area (Å²) in [6.45, 7) is 4.30. The van der Waals surface area contributed by atoms with Crippen LogP contribution < -0.4 is 10.6 Å². The van der Waals surface area contributed by atoms with Crippen molar-refractivity contribution in [1.29, 1.82) is 0 Å². The molecule has 3 rings (SSSR count). The summed E-state index contributed by atoms with van der Waals surface area (Å²) in [6, 6.07) is 7.01. The fourth-order valence-corrected chi connectivity index (χ4v) is 2.90. The van der Waals surface area contributed by atoms with Crippen molar-refractivity contribution in [3.05, 3.63) is 40.6 Å². The van der Waals surface area contributed by atoms with Crippen LogP contribution in [0.25, 0.3) is 0 Å². The van der Waals surface area contributed by atoms with Crippen LogP contribution in [0.4, 0.5) is 11.6 Å². The van der Waals surface area contributed by atoms with Crippen LogP contribution in [-0.2, 0) is 11.3 Å². The van der Waals surface area contributed by atoms with E-state index in [1.807, 2.05) is 13.8 Å². The maximum absolute atomic E-state index is 12.5. The molecule has 2 aromatic rings. The van der Waals surface area contributed by atoms with Crippen LogP contribution in [0.2, 0.25) is 5.02 Å². The predicted molar refractivity (Wildman–Crippen MR) is 92.8 cm³/mol. The molecular weight excluding hydrogens is 334 g/mol. The molecule has 0 fully saturated rings. The van der Waals surface area contributed by atoms with Crippen LogP contribution in [0.3, 0.4) is 0 Å². The number of aromatic nitrogens is 3. The van der Waals surface area contributed by atoms with Crippen LogP contribution in [0.15, 0.2) is 40.7 Å². The SMILES string of the molecule is CCSc1nc2n(n1)CC(C(=O)Nc1ccc(Cl)cc1)=C(C)N2. The molecule has 0 radical (unpaired) electrons. The molecule has 0 aliphatic carbocycles. The summed E-state index contributed by atoms with van der Waals surface area (Å²) in [5.74, 6) is 1.41. The normalized spacial score (nSPS) is 13.5. The van der Waals surface area contributed by atoms with Gasteiger partial charge in [-0.25, -0.2) is 4.68 Å². The Morgan fingerprint density at radius 3 is 2.87 bits per heavy atom. The van der Waals surface area contributed by atoms with Gasteiger partial charge in [0.25, 0.3) is 5.91 Å². The molecule has 0 unspecified atom stereocenters. The Balaban J connectivity index is 1.76. The van der Waals surface area contributed by atoms with Crippen molar-refractivity contribution in [1.82, 2.24) is 14.8 Å². The summed E-state index contributed by atoms with van der Waals surface area (Å²) in [7, 11) is 0. The smallest absolute Gasteiger partial charge is 0.255 e. The molecule has 0 atom stereocenters. The fraction of sp³-hybridized carbons (Fsp3) is 0.267. The Morgan fingerprint density at radius 1 is 1.43 bits per heavy atom. The monoisotopic (exact) mass is 349 g/mol. The highest BCUT2D eigenvalue weighted by molar-refractivity contribution is 7.99. The lowest BCUT2D eigenvalue weighted by molar-refractivity contribution is -0.113. The van der Waals surface area contributed by atoms with Crippen LogP contribution in [0.5, 0.6) is 0 Å². The van der Waals surface area contributed by atoms with Crippen molar-refractivity contribution in [2.45, 2.75) is 25.5 Å². The van der Waals surface area contributed by atoms with Crippen molar-refractivity contribution in [3.63, 3.8) is 0 Å². The minimum Gasteiger partial charge on any atom is -0.328 e. The number of hydrogen-bond acceptors (Lipinski definition) is 5. The Morgan fingerprint density at radius 2 is 2.17 bits per heavy atom. The first kappa shape index (κ1) is 15.9. The number of benzene rings is 1. The number of allylic oxidation sites excluding steroid dienone is 1. The number of nitrogens with one attached hydrogen (secondary N) is 2. The molecule has 1 aliphatic heterocycles. The molecule has 1 aliphatic rings. The molecular formula is C15H16ClN5OS. The van der Waals surface area contributed by atoms with Gasteiger partial charge >= 0.3 is 0 Å². The second-order valence-corrected chi connectivity index (χ2v) is 6.67. The van der Waals surface area contributed by atoms with Gasteiger partial charge in [0, 0.05) is 16.4 Å². The minimum absolute atomic E-state index is 0.164. The number of carbonyl (C=O) groups is 1. The van der Waals surface area contributed by atoms with E-state index in [4.69, 9.17) is 11.6 Å². The largest absolute Gasteiger partial charge is 0.328 e. The number of halogens is 1. The average Bonchev–Trinajstić information content (AvgIpc) is 2.90. The van der Waals surface area contributed by atoms with Gasteiger partial charge in [-0.15, -0.1) is 5.10 Å². The van der Waals surface area contributed by atoms with E-state index in [1.54, 1.807) is 40.7 Å². The molecule has 1 aromatic heterocycles. The van der Waals surface area contributed by atoms with Gasteiger partial charge in [0.2, 0.25) is 11.1 Å². The molecule has 2 heterocycles. The summed E-state index contributed by atoms with van der Waals surface area (Å²) in [5.41, 5.74) is 2.11. The summed E-state index contributed by atoms with van der Waals surface area (Å²) in [5, 5.41) is 11.7. The van der Waals surface area contributed by atoms with E-state index >= 15 is 0 Å². The number of rotatable bonds is 4. The lowest BCUT2D eigenvalue weighted by Crippen LogP contribution is -2.26. The summed E-state index contributed by atoms with van der Waals surface area (Å²) >= 11 is 7.42. The second-order valence-electron chi connectivity index (χ2n) is 5.00. The Labute approximate surface area is 143 Å². The zero-order chi connectivity index (χ0) is 16.4. The van der Waals surface area contributed by atoms with Crippen molar-refractivity contribution in [2.75, 3.05) is 16.4 Å². The van der Waals surface area contributed by atoms with E-state index in [9.17, 15) is 4.79 Å². The Bertz CT molecular complexity index is 769. The molecule has 120 valence electrons. The number of thioether (sulfide) groups is 1. The quantitative estimate of drug-likeness (QED) is 0.828. The summed E-state index contributed by atoms with van der Waals surface area (Å²) in [4.78, 5) is 16.9. The molecule has 2 N–H and O–H groups in total. The molecule has 0 bridgehead atoms. The third kappa shape index (κ3) is 3.51. The molecule has 6 nitrogen and oxygen atoms in total. The number of carbonyl (C=O) groups excluding carboxylic acids is 1. The molecule has 1 aromatic carbocycles. The van der Waals surface area contributed by atoms with Crippen LogP contribution in [0.1, 0.15) is 13.8 Å². The fourth-order valence-electron chi connectivity index (χ4n) is 2.21. The molecule has 1 amide bonds. The third-order valence-electron chi connectivity index (χ3n) is 3.36. The second kappa shape index (κ2) is 6.64. The highest BCUT2D eigenvalue weighted by Gasteiger charge is 2.23. The predicted octanol–water partition coefficient (Wildman–Crippen LogP) is 3.38. The van der Waals surface area contributed by atoms with Crippen molar-refractivity contribution in [2.24, 2.45) is 0 Å². The van der Waals surface area contributed by atoms with Gasteiger partial charge in [-0.05, 0) is 36.9 Å². The maximum atomic E-state index is 12.5.